The van der Waals surface area contributed by atoms with E-state index in [2.05, 4.69) is 4.99 Å². The largest absolute Gasteiger partial charge is 0.257 e. The van der Waals surface area contributed by atoms with Crippen molar-refractivity contribution in [2.24, 2.45) is 4.99 Å². The molecule has 0 fully saturated rings. The summed E-state index contributed by atoms with van der Waals surface area (Å²) in [6, 6.07) is 17.6. The molecule has 0 amide bonds. The van der Waals surface area contributed by atoms with Crippen molar-refractivity contribution >= 4 is 29.7 Å². The molecular weight excluding hydrogens is 252 g/mol. The molecule has 3 heteroatoms. The highest BCUT2D eigenvalue weighted by atomic mass is 32.2. The molecule has 0 aliphatic heterocycles. The molecule has 0 radical (unpaired) electrons. The van der Waals surface area contributed by atoms with Crippen LogP contribution in [0.4, 0.5) is 5.69 Å². The maximum atomic E-state index is 8.54. The van der Waals surface area contributed by atoms with Crippen molar-refractivity contribution in [1.82, 2.24) is 0 Å². The number of thioether (sulfide) groups is 1. The summed E-state index contributed by atoms with van der Waals surface area (Å²) >= 11 is 1.15. The van der Waals surface area contributed by atoms with Crippen molar-refractivity contribution in [3.63, 3.8) is 0 Å². The van der Waals surface area contributed by atoms with Gasteiger partial charge in [0.25, 0.3) is 0 Å². The highest BCUT2D eigenvalue weighted by molar-refractivity contribution is 8.03. The molecule has 2 aromatic rings. The molecule has 0 unspecified atom stereocenters. The molecule has 92 valence electrons. The predicted molar refractivity (Wildman–Crippen MR) is 81.5 cm³/mol. The third kappa shape index (κ3) is 4.46. The van der Waals surface area contributed by atoms with Crippen molar-refractivity contribution < 1.29 is 0 Å². The fourth-order valence-electron chi connectivity index (χ4n) is 1.50. The minimum Gasteiger partial charge on any atom is -0.257 e. The Kier molecular flexibility index (Phi) is 4.97. The van der Waals surface area contributed by atoms with E-state index < -0.39 is 0 Å². The smallest absolute Gasteiger partial charge is 0.138 e. The SMILES string of the molecule is N#CSc1ccc(N=CC=Cc2ccccc2)cc1. The first-order valence-corrected chi connectivity index (χ1v) is 6.62. The summed E-state index contributed by atoms with van der Waals surface area (Å²) in [5, 5.41) is 10.6. The first-order chi connectivity index (χ1) is 9.38. The van der Waals surface area contributed by atoms with Gasteiger partial charge in [-0.25, -0.2) is 0 Å². The van der Waals surface area contributed by atoms with Crippen LogP contribution in [0.5, 0.6) is 0 Å². The van der Waals surface area contributed by atoms with Crippen LogP contribution in [-0.4, -0.2) is 6.21 Å². The van der Waals surface area contributed by atoms with Crippen LogP contribution in [0.2, 0.25) is 0 Å². The average Bonchev–Trinajstić information content (AvgIpc) is 2.47. The number of rotatable bonds is 4. The van der Waals surface area contributed by atoms with Gasteiger partial charge in [-0.3, -0.25) is 4.99 Å². The molecule has 0 saturated heterocycles. The van der Waals surface area contributed by atoms with E-state index in [1.54, 1.807) is 6.21 Å². The van der Waals surface area contributed by atoms with E-state index >= 15 is 0 Å². The molecule has 0 aromatic heterocycles. The zero-order valence-corrected chi connectivity index (χ0v) is 11.0. The van der Waals surface area contributed by atoms with Crippen molar-refractivity contribution in [2.45, 2.75) is 4.90 Å². The average molecular weight is 264 g/mol. The summed E-state index contributed by atoms with van der Waals surface area (Å²) in [4.78, 5) is 5.25. The fourth-order valence-corrected chi connectivity index (χ4v) is 1.88. The maximum absolute atomic E-state index is 8.54. The first kappa shape index (κ1) is 13.1. The molecule has 2 rings (SSSR count). The molecule has 2 nitrogen and oxygen atoms in total. The van der Waals surface area contributed by atoms with E-state index in [-0.39, 0.29) is 0 Å². The van der Waals surface area contributed by atoms with Crippen LogP contribution in [0, 0.1) is 10.7 Å². The van der Waals surface area contributed by atoms with Crippen molar-refractivity contribution in [3.05, 3.63) is 66.2 Å². The highest BCUT2D eigenvalue weighted by Crippen LogP contribution is 2.20. The van der Waals surface area contributed by atoms with Gasteiger partial charge in [0, 0.05) is 11.1 Å². The molecule has 0 aliphatic rings. The fraction of sp³-hybridized carbons (Fsp3) is 0. The molecule has 0 N–H and O–H groups in total. The van der Waals surface area contributed by atoms with E-state index in [0.717, 1.165) is 27.9 Å². The van der Waals surface area contributed by atoms with Crippen LogP contribution in [0.3, 0.4) is 0 Å². The summed E-state index contributed by atoms with van der Waals surface area (Å²) in [5.41, 5.74) is 2.02. The third-order valence-electron chi connectivity index (χ3n) is 2.40. The number of hydrogen-bond donors (Lipinski definition) is 0. The Hall–Kier alpha value is -2.31. The lowest BCUT2D eigenvalue weighted by Crippen LogP contribution is -1.71. The summed E-state index contributed by atoms with van der Waals surface area (Å²) < 4.78 is 0. The van der Waals surface area contributed by atoms with Crippen LogP contribution in [0.1, 0.15) is 5.56 Å². The van der Waals surface area contributed by atoms with Gasteiger partial charge in [0.15, 0.2) is 0 Å². The third-order valence-corrected chi connectivity index (χ3v) is 3.00. The molecule has 19 heavy (non-hydrogen) atoms. The summed E-state index contributed by atoms with van der Waals surface area (Å²) in [7, 11) is 0. The number of nitrogens with zero attached hydrogens (tertiary/aromatic N) is 2. The van der Waals surface area contributed by atoms with Gasteiger partial charge >= 0.3 is 0 Å². The van der Waals surface area contributed by atoms with E-state index in [1.165, 1.54) is 0 Å². The van der Waals surface area contributed by atoms with E-state index in [1.807, 2.05) is 72.2 Å². The zero-order valence-electron chi connectivity index (χ0n) is 10.2. The number of thiocyanates is 1. The second-order valence-electron chi connectivity index (χ2n) is 3.74. The summed E-state index contributed by atoms with van der Waals surface area (Å²) in [5.74, 6) is 0. The number of nitriles is 1. The Bertz CT molecular complexity index is 607. The quantitative estimate of drug-likeness (QED) is 0.457. The Morgan fingerprint density at radius 3 is 2.42 bits per heavy atom. The summed E-state index contributed by atoms with van der Waals surface area (Å²) in [6.45, 7) is 0. The van der Waals surface area contributed by atoms with E-state index in [9.17, 15) is 0 Å². The Morgan fingerprint density at radius 2 is 1.74 bits per heavy atom. The van der Waals surface area contributed by atoms with Crippen LogP contribution >= 0.6 is 11.8 Å². The van der Waals surface area contributed by atoms with Gasteiger partial charge in [0.2, 0.25) is 0 Å². The van der Waals surface area contributed by atoms with E-state index in [0.29, 0.717) is 0 Å². The van der Waals surface area contributed by atoms with Gasteiger partial charge in [-0.05, 0) is 47.7 Å². The Labute approximate surface area is 117 Å². The number of hydrogen-bond acceptors (Lipinski definition) is 3. The van der Waals surface area contributed by atoms with Gasteiger partial charge in [-0.15, -0.1) is 0 Å². The molecule has 0 saturated carbocycles. The molecule has 0 atom stereocenters. The lowest BCUT2D eigenvalue weighted by atomic mass is 10.2. The Morgan fingerprint density at radius 1 is 1.00 bits per heavy atom. The summed E-state index contributed by atoms with van der Waals surface area (Å²) in [6.07, 6.45) is 5.68. The molecular formula is C16H12N2S. The molecule has 0 heterocycles. The van der Waals surface area contributed by atoms with Gasteiger partial charge < -0.3 is 0 Å². The lowest BCUT2D eigenvalue weighted by Gasteiger charge is -1.94. The first-order valence-electron chi connectivity index (χ1n) is 5.80. The monoisotopic (exact) mass is 264 g/mol. The van der Waals surface area contributed by atoms with Crippen molar-refractivity contribution in [1.29, 1.82) is 5.26 Å². The van der Waals surface area contributed by atoms with Crippen LogP contribution in [0.15, 0.2) is 70.6 Å². The van der Waals surface area contributed by atoms with Gasteiger partial charge in [0.05, 0.1) is 5.69 Å². The topological polar surface area (TPSA) is 36.1 Å². The highest BCUT2D eigenvalue weighted by Gasteiger charge is 1.91. The van der Waals surface area contributed by atoms with Gasteiger partial charge in [-0.2, -0.15) is 5.26 Å². The standard InChI is InChI=1S/C16H12N2S/c17-13-19-16-10-8-15(9-11-16)18-12-4-7-14-5-2-1-3-6-14/h1-12H. The second-order valence-corrected chi connectivity index (χ2v) is 4.59. The molecule has 0 spiro atoms. The minimum atomic E-state index is 0.875. The van der Waals surface area contributed by atoms with Crippen molar-refractivity contribution in [3.8, 4) is 5.40 Å². The maximum Gasteiger partial charge on any atom is 0.138 e. The lowest BCUT2D eigenvalue weighted by molar-refractivity contribution is 1.43. The number of aliphatic imine (C=N–C) groups is 1. The Balaban J connectivity index is 1.96. The minimum absolute atomic E-state index is 0.875. The van der Waals surface area contributed by atoms with Crippen molar-refractivity contribution in [2.75, 3.05) is 0 Å². The van der Waals surface area contributed by atoms with Crippen LogP contribution in [-0.2, 0) is 0 Å². The molecule has 0 aliphatic carbocycles. The van der Waals surface area contributed by atoms with Gasteiger partial charge in [-0.1, -0.05) is 36.4 Å². The zero-order chi connectivity index (χ0) is 13.3. The van der Waals surface area contributed by atoms with Crippen LogP contribution in [0.25, 0.3) is 6.08 Å². The van der Waals surface area contributed by atoms with Crippen LogP contribution < -0.4 is 0 Å². The molecule has 2 aromatic carbocycles. The predicted octanol–water partition coefficient (Wildman–Crippen LogP) is 4.68. The molecule has 0 bridgehead atoms. The number of benzene rings is 2. The second kappa shape index (κ2) is 7.20. The normalized spacial score (nSPS) is 10.9. The number of allylic oxidation sites excluding steroid dienone is 1. The van der Waals surface area contributed by atoms with Gasteiger partial charge in [0.1, 0.15) is 5.40 Å². The van der Waals surface area contributed by atoms with E-state index in [4.69, 9.17) is 5.26 Å².